The lowest BCUT2D eigenvalue weighted by molar-refractivity contribution is -0.136. The third-order valence-corrected chi connectivity index (χ3v) is 4.16. The Hall–Kier alpha value is -3.22. The number of amides is 3. The zero-order valence-corrected chi connectivity index (χ0v) is 14.1. The van der Waals surface area contributed by atoms with Crippen LogP contribution in [0.25, 0.3) is 0 Å². The van der Waals surface area contributed by atoms with Gasteiger partial charge in [0.2, 0.25) is 5.91 Å². The van der Waals surface area contributed by atoms with Crippen LogP contribution >= 0.6 is 0 Å². The number of anilines is 2. The zero-order chi connectivity index (χ0) is 18.7. The van der Waals surface area contributed by atoms with Crippen molar-refractivity contribution in [3.05, 3.63) is 59.4 Å². The van der Waals surface area contributed by atoms with Crippen LogP contribution < -0.4 is 16.0 Å². The minimum Gasteiger partial charge on any atom is -0.341 e. The van der Waals surface area contributed by atoms with Gasteiger partial charge in [0, 0.05) is 18.3 Å². The van der Waals surface area contributed by atoms with Crippen LogP contribution in [0.15, 0.2) is 42.5 Å². The molecule has 0 bridgehead atoms. The Morgan fingerprint density at radius 2 is 1.62 bits per heavy atom. The Bertz CT molecular complexity index is 865. The van der Waals surface area contributed by atoms with Gasteiger partial charge in [-0.3, -0.25) is 14.4 Å². The van der Waals surface area contributed by atoms with Crippen LogP contribution in [0.5, 0.6) is 0 Å². The number of carbonyl (C=O) groups is 3. The Labute approximate surface area is 149 Å². The van der Waals surface area contributed by atoms with Crippen molar-refractivity contribution in [1.82, 2.24) is 5.32 Å². The average molecular weight is 355 g/mol. The van der Waals surface area contributed by atoms with Gasteiger partial charge in [0.1, 0.15) is 5.82 Å². The van der Waals surface area contributed by atoms with Crippen LogP contribution in [0.4, 0.5) is 15.8 Å². The molecule has 1 aliphatic carbocycles. The van der Waals surface area contributed by atoms with E-state index in [9.17, 15) is 18.8 Å². The summed E-state index contributed by atoms with van der Waals surface area (Å²) in [5.74, 6) is -2.04. The highest BCUT2D eigenvalue weighted by Crippen LogP contribution is 2.31. The lowest BCUT2D eigenvalue weighted by Gasteiger charge is -2.14. The summed E-state index contributed by atoms with van der Waals surface area (Å²) >= 11 is 0. The van der Waals surface area contributed by atoms with Gasteiger partial charge in [0.25, 0.3) is 0 Å². The highest BCUT2D eigenvalue weighted by molar-refractivity contribution is 6.39. The van der Waals surface area contributed by atoms with Gasteiger partial charge in [-0.1, -0.05) is 6.07 Å². The van der Waals surface area contributed by atoms with E-state index in [0.29, 0.717) is 24.2 Å². The van der Waals surface area contributed by atoms with Crippen molar-refractivity contribution in [3.8, 4) is 0 Å². The summed E-state index contributed by atoms with van der Waals surface area (Å²) in [5.41, 5.74) is 2.72. The predicted molar refractivity (Wildman–Crippen MR) is 95.0 cm³/mol. The second-order valence-corrected chi connectivity index (χ2v) is 6.12. The van der Waals surface area contributed by atoms with E-state index in [1.165, 1.54) is 19.1 Å². The number of carbonyl (C=O) groups excluding carboxylic acids is 3. The smallest absolute Gasteiger partial charge is 0.313 e. The Balaban J connectivity index is 1.59. The van der Waals surface area contributed by atoms with Crippen molar-refractivity contribution in [1.29, 1.82) is 0 Å². The molecule has 6 nitrogen and oxygen atoms in total. The van der Waals surface area contributed by atoms with Crippen LogP contribution in [-0.4, -0.2) is 17.7 Å². The standard InChI is InChI=1S/C19H18FN3O3/c1-11(24)21-14-4-6-15(7-5-14)22-18(25)19(26)23-17-9-2-12-10-13(20)3-8-16(12)17/h3-8,10,17H,2,9H2,1H3,(H,21,24)(H,22,25)(H,23,26). The van der Waals surface area contributed by atoms with Crippen molar-refractivity contribution in [2.45, 2.75) is 25.8 Å². The van der Waals surface area contributed by atoms with Gasteiger partial charge in [-0.25, -0.2) is 4.39 Å². The summed E-state index contributed by atoms with van der Waals surface area (Å²) in [6, 6.07) is 10.6. The molecule has 3 N–H and O–H groups in total. The zero-order valence-electron chi connectivity index (χ0n) is 14.1. The van der Waals surface area contributed by atoms with Gasteiger partial charge in [-0.15, -0.1) is 0 Å². The van der Waals surface area contributed by atoms with Crippen LogP contribution in [0.1, 0.15) is 30.5 Å². The van der Waals surface area contributed by atoms with Crippen LogP contribution in [0.3, 0.4) is 0 Å². The largest absolute Gasteiger partial charge is 0.341 e. The van der Waals surface area contributed by atoms with Crippen LogP contribution in [0, 0.1) is 5.82 Å². The van der Waals surface area contributed by atoms with Gasteiger partial charge >= 0.3 is 11.8 Å². The summed E-state index contributed by atoms with van der Waals surface area (Å²) in [4.78, 5) is 35.2. The third kappa shape index (κ3) is 4.05. The molecular weight excluding hydrogens is 337 g/mol. The Morgan fingerprint density at radius 1 is 0.962 bits per heavy atom. The molecule has 7 heteroatoms. The average Bonchev–Trinajstić information content (AvgIpc) is 2.98. The molecule has 0 aromatic heterocycles. The molecule has 3 rings (SSSR count). The fourth-order valence-electron chi connectivity index (χ4n) is 2.99. The highest BCUT2D eigenvalue weighted by atomic mass is 19.1. The first kappa shape index (κ1) is 17.6. The molecule has 26 heavy (non-hydrogen) atoms. The SMILES string of the molecule is CC(=O)Nc1ccc(NC(=O)C(=O)NC2CCc3cc(F)ccc32)cc1. The maximum absolute atomic E-state index is 13.2. The van der Waals surface area contributed by atoms with E-state index in [2.05, 4.69) is 16.0 Å². The van der Waals surface area contributed by atoms with Gasteiger partial charge in [0.15, 0.2) is 0 Å². The molecule has 0 radical (unpaired) electrons. The number of rotatable bonds is 3. The maximum Gasteiger partial charge on any atom is 0.313 e. The summed E-state index contributed by atoms with van der Waals surface area (Å²) in [6.45, 7) is 1.40. The first-order valence-electron chi connectivity index (χ1n) is 8.20. The molecule has 2 aromatic carbocycles. The maximum atomic E-state index is 13.2. The van der Waals surface area contributed by atoms with Crippen molar-refractivity contribution >= 4 is 29.1 Å². The van der Waals surface area contributed by atoms with E-state index in [4.69, 9.17) is 0 Å². The quantitative estimate of drug-likeness (QED) is 0.740. The summed E-state index contributed by atoms with van der Waals surface area (Å²) < 4.78 is 13.2. The topological polar surface area (TPSA) is 87.3 Å². The number of hydrogen-bond donors (Lipinski definition) is 3. The molecule has 0 saturated heterocycles. The van der Waals surface area contributed by atoms with E-state index < -0.39 is 11.8 Å². The number of hydrogen-bond acceptors (Lipinski definition) is 3. The molecule has 0 spiro atoms. The lowest BCUT2D eigenvalue weighted by Crippen LogP contribution is -2.37. The van der Waals surface area contributed by atoms with E-state index in [1.54, 1.807) is 30.3 Å². The minimum atomic E-state index is -0.784. The third-order valence-electron chi connectivity index (χ3n) is 4.16. The summed E-state index contributed by atoms with van der Waals surface area (Å²) in [6.07, 6.45) is 1.29. The number of fused-ring (bicyclic) bond motifs is 1. The molecular formula is C19H18FN3O3. The molecule has 1 aliphatic rings. The first-order valence-corrected chi connectivity index (χ1v) is 8.20. The molecule has 0 aliphatic heterocycles. The predicted octanol–water partition coefficient (Wildman–Crippen LogP) is 2.53. The van der Waals surface area contributed by atoms with E-state index >= 15 is 0 Å². The summed E-state index contributed by atoms with van der Waals surface area (Å²) in [7, 11) is 0. The molecule has 0 heterocycles. The molecule has 1 atom stereocenters. The van der Waals surface area contributed by atoms with Gasteiger partial charge < -0.3 is 16.0 Å². The Kier molecular flexibility index (Phi) is 4.97. The molecule has 134 valence electrons. The van der Waals surface area contributed by atoms with Crippen molar-refractivity contribution in [2.75, 3.05) is 10.6 Å². The van der Waals surface area contributed by atoms with Crippen molar-refractivity contribution in [2.24, 2.45) is 0 Å². The van der Waals surface area contributed by atoms with E-state index in [-0.39, 0.29) is 17.8 Å². The van der Waals surface area contributed by atoms with Crippen LogP contribution in [0.2, 0.25) is 0 Å². The fourth-order valence-corrected chi connectivity index (χ4v) is 2.99. The Morgan fingerprint density at radius 3 is 2.27 bits per heavy atom. The second kappa shape index (κ2) is 7.35. The second-order valence-electron chi connectivity index (χ2n) is 6.12. The molecule has 2 aromatic rings. The first-order chi connectivity index (χ1) is 12.4. The monoisotopic (exact) mass is 355 g/mol. The summed E-state index contributed by atoms with van der Waals surface area (Å²) in [5, 5.41) is 7.80. The number of nitrogens with one attached hydrogen (secondary N) is 3. The molecule has 0 saturated carbocycles. The molecule has 3 amide bonds. The molecule has 1 unspecified atom stereocenters. The van der Waals surface area contributed by atoms with Gasteiger partial charge in [-0.2, -0.15) is 0 Å². The fraction of sp³-hybridized carbons (Fsp3) is 0.211. The van der Waals surface area contributed by atoms with E-state index in [1.807, 2.05) is 0 Å². The minimum absolute atomic E-state index is 0.196. The number of aryl methyl sites for hydroxylation is 1. The number of halogens is 1. The molecule has 0 fully saturated rings. The van der Waals surface area contributed by atoms with Crippen molar-refractivity contribution < 1.29 is 18.8 Å². The van der Waals surface area contributed by atoms with E-state index in [0.717, 1.165) is 11.1 Å². The number of benzene rings is 2. The van der Waals surface area contributed by atoms with Gasteiger partial charge in [0.05, 0.1) is 6.04 Å². The van der Waals surface area contributed by atoms with Crippen LogP contribution in [-0.2, 0) is 20.8 Å². The normalized spacial score (nSPS) is 15.1. The lowest BCUT2D eigenvalue weighted by atomic mass is 10.1. The highest BCUT2D eigenvalue weighted by Gasteiger charge is 2.26. The van der Waals surface area contributed by atoms with Crippen molar-refractivity contribution in [3.63, 3.8) is 0 Å². The van der Waals surface area contributed by atoms with Gasteiger partial charge in [-0.05, 0) is 60.4 Å².